The van der Waals surface area contributed by atoms with Crippen LogP contribution in [0.4, 0.5) is 0 Å². The molecule has 2 aliphatic rings. The maximum atomic E-state index is 12.5. The second-order valence-corrected chi connectivity index (χ2v) is 14.0. The van der Waals surface area contributed by atoms with E-state index in [-0.39, 0.29) is 18.4 Å². The predicted octanol–water partition coefficient (Wildman–Crippen LogP) is 2.64. The number of benzene rings is 1. The molecular formula is C23H29NO6Si. The molecule has 2 atom stereocenters. The molecule has 31 heavy (non-hydrogen) atoms. The SMILES string of the molecule is COC(=O)/C=C1/CCNC(=O)Cc2ccccc2C2OC2([Si](C)(C)C)/C1=C/C(=O)OC. The van der Waals surface area contributed by atoms with Crippen molar-refractivity contribution in [3.63, 3.8) is 0 Å². The lowest BCUT2D eigenvalue weighted by Gasteiger charge is -2.30. The lowest BCUT2D eigenvalue weighted by Crippen LogP contribution is -2.45. The van der Waals surface area contributed by atoms with Crippen LogP contribution in [0.3, 0.4) is 0 Å². The molecule has 0 bridgehead atoms. The molecule has 1 saturated heterocycles. The van der Waals surface area contributed by atoms with Crippen LogP contribution in [0.15, 0.2) is 47.6 Å². The van der Waals surface area contributed by atoms with Gasteiger partial charge in [0.15, 0.2) is 0 Å². The monoisotopic (exact) mass is 443 g/mol. The summed E-state index contributed by atoms with van der Waals surface area (Å²) in [6.07, 6.45) is 3.07. The van der Waals surface area contributed by atoms with Gasteiger partial charge in [0.25, 0.3) is 0 Å². The molecule has 8 heteroatoms. The van der Waals surface area contributed by atoms with Crippen molar-refractivity contribution in [3.05, 3.63) is 58.7 Å². The van der Waals surface area contributed by atoms with Crippen molar-refractivity contribution >= 4 is 25.9 Å². The van der Waals surface area contributed by atoms with Crippen LogP contribution in [0.5, 0.6) is 0 Å². The first-order valence-corrected chi connectivity index (χ1v) is 13.8. The second kappa shape index (κ2) is 8.80. The quantitative estimate of drug-likeness (QED) is 0.334. The molecule has 7 nitrogen and oxygen atoms in total. The van der Waals surface area contributed by atoms with E-state index in [2.05, 4.69) is 25.0 Å². The standard InChI is InChI=1S/C23H29NO6Si/c1-28-20(26)13-16-10-11-24-19(25)12-15-8-6-7-9-17(15)22-23(30-22,31(3,4)5)18(16)14-21(27)29-2/h6-9,13-14,22H,10-12H2,1-5H3,(H,24,25)/b16-13-,18-14+. The van der Waals surface area contributed by atoms with E-state index >= 15 is 0 Å². The molecule has 1 N–H and O–H groups in total. The van der Waals surface area contributed by atoms with Crippen LogP contribution in [0.2, 0.25) is 19.6 Å². The zero-order valence-electron chi connectivity index (χ0n) is 18.6. The molecule has 2 heterocycles. The van der Waals surface area contributed by atoms with Crippen molar-refractivity contribution in [2.45, 2.75) is 43.8 Å². The molecule has 3 rings (SSSR count). The Hall–Kier alpha value is -2.71. The van der Waals surface area contributed by atoms with Gasteiger partial charge in [-0.25, -0.2) is 9.59 Å². The predicted molar refractivity (Wildman–Crippen MR) is 118 cm³/mol. The Kier molecular flexibility index (Phi) is 6.52. The zero-order valence-corrected chi connectivity index (χ0v) is 19.6. The van der Waals surface area contributed by atoms with Crippen molar-refractivity contribution in [3.8, 4) is 0 Å². The van der Waals surface area contributed by atoms with E-state index in [1.807, 2.05) is 24.3 Å². The van der Waals surface area contributed by atoms with Crippen molar-refractivity contribution in [2.75, 3.05) is 20.8 Å². The van der Waals surface area contributed by atoms with Gasteiger partial charge in [-0.2, -0.15) is 0 Å². The lowest BCUT2D eigenvalue weighted by atomic mass is 9.92. The average Bonchev–Trinajstić information content (AvgIpc) is 3.47. The van der Waals surface area contributed by atoms with Crippen LogP contribution in [0.1, 0.15) is 23.7 Å². The minimum atomic E-state index is -2.14. The van der Waals surface area contributed by atoms with Gasteiger partial charge in [0.1, 0.15) is 11.3 Å². The zero-order chi connectivity index (χ0) is 22.8. The number of hydrogen-bond donors (Lipinski definition) is 1. The van der Waals surface area contributed by atoms with E-state index < -0.39 is 25.2 Å². The fourth-order valence-corrected chi connectivity index (χ4v) is 6.69. The van der Waals surface area contributed by atoms with Crippen LogP contribution in [0, 0.1) is 0 Å². The van der Waals surface area contributed by atoms with Gasteiger partial charge in [0, 0.05) is 18.7 Å². The smallest absolute Gasteiger partial charge is 0.330 e. The largest absolute Gasteiger partial charge is 0.466 e. The number of nitrogens with one attached hydrogen (secondary N) is 1. The number of esters is 2. The Labute approximate surface area is 183 Å². The third-order valence-electron chi connectivity index (χ3n) is 5.84. The van der Waals surface area contributed by atoms with Crippen LogP contribution in [-0.2, 0) is 35.0 Å². The molecule has 1 amide bonds. The summed E-state index contributed by atoms with van der Waals surface area (Å²) in [5.41, 5.74) is 3.04. The summed E-state index contributed by atoms with van der Waals surface area (Å²) in [5.74, 6) is -1.16. The van der Waals surface area contributed by atoms with Gasteiger partial charge in [-0.15, -0.1) is 0 Å². The molecule has 2 aliphatic heterocycles. The van der Waals surface area contributed by atoms with Crippen molar-refractivity contribution in [1.82, 2.24) is 5.32 Å². The Morgan fingerprint density at radius 3 is 2.42 bits per heavy atom. The van der Waals surface area contributed by atoms with Gasteiger partial charge in [-0.1, -0.05) is 43.9 Å². The van der Waals surface area contributed by atoms with E-state index in [4.69, 9.17) is 14.2 Å². The van der Waals surface area contributed by atoms with Gasteiger partial charge in [-0.05, 0) is 28.7 Å². The summed E-state index contributed by atoms with van der Waals surface area (Å²) in [5, 5.41) is 2.16. The maximum Gasteiger partial charge on any atom is 0.330 e. The number of fused-ring (bicyclic) bond motifs is 3. The van der Waals surface area contributed by atoms with Gasteiger partial charge in [0.2, 0.25) is 5.91 Å². The normalized spacial score (nSPS) is 26.2. The van der Waals surface area contributed by atoms with Crippen LogP contribution < -0.4 is 5.32 Å². The topological polar surface area (TPSA) is 94.2 Å². The Bertz CT molecular complexity index is 961. The number of amides is 1. The summed E-state index contributed by atoms with van der Waals surface area (Å²) in [6, 6.07) is 7.71. The molecule has 1 aromatic carbocycles. The molecule has 0 spiro atoms. The number of epoxide rings is 1. The third kappa shape index (κ3) is 4.50. The first kappa shape index (κ1) is 23.0. The van der Waals surface area contributed by atoms with Gasteiger partial charge < -0.3 is 19.5 Å². The molecule has 0 radical (unpaired) electrons. The Morgan fingerprint density at radius 1 is 1.13 bits per heavy atom. The Balaban J connectivity index is 2.27. The van der Waals surface area contributed by atoms with Crippen molar-refractivity contribution < 1.29 is 28.6 Å². The Morgan fingerprint density at radius 2 is 1.77 bits per heavy atom. The average molecular weight is 444 g/mol. The highest BCUT2D eigenvalue weighted by Crippen LogP contribution is 2.61. The molecule has 0 aromatic heterocycles. The summed E-state index contributed by atoms with van der Waals surface area (Å²) in [7, 11) is 0.474. The molecule has 1 fully saturated rings. The minimum absolute atomic E-state index is 0.107. The number of rotatable bonds is 3. The summed E-state index contributed by atoms with van der Waals surface area (Å²) < 4.78 is 16.3. The number of methoxy groups -OCH3 is 2. The summed E-state index contributed by atoms with van der Waals surface area (Å²) in [6.45, 7) is 6.81. The van der Waals surface area contributed by atoms with E-state index in [0.29, 0.717) is 24.1 Å². The third-order valence-corrected chi connectivity index (χ3v) is 8.72. The first-order chi connectivity index (χ1) is 14.6. The van der Waals surface area contributed by atoms with E-state index in [9.17, 15) is 14.4 Å². The molecule has 166 valence electrons. The van der Waals surface area contributed by atoms with E-state index in [1.165, 1.54) is 26.4 Å². The lowest BCUT2D eigenvalue weighted by molar-refractivity contribution is -0.135. The first-order valence-electron chi connectivity index (χ1n) is 10.3. The fourth-order valence-electron chi connectivity index (χ4n) is 4.24. The van der Waals surface area contributed by atoms with Crippen LogP contribution in [-0.4, -0.2) is 51.9 Å². The fraction of sp³-hybridized carbons (Fsp3) is 0.435. The highest BCUT2D eigenvalue weighted by Gasteiger charge is 2.67. The molecule has 2 unspecified atom stereocenters. The van der Waals surface area contributed by atoms with Crippen molar-refractivity contribution in [2.24, 2.45) is 0 Å². The number of carbonyl (C=O) groups is 3. The van der Waals surface area contributed by atoms with Crippen LogP contribution in [0.25, 0.3) is 0 Å². The number of carbonyl (C=O) groups excluding carboxylic acids is 3. The van der Waals surface area contributed by atoms with E-state index in [0.717, 1.165) is 11.1 Å². The minimum Gasteiger partial charge on any atom is -0.466 e. The molecular weight excluding hydrogens is 414 g/mol. The highest BCUT2D eigenvalue weighted by molar-refractivity contribution is 6.80. The molecule has 0 aliphatic carbocycles. The van der Waals surface area contributed by atoms with Crippen molar-refractivity contribution in [1.29, 1.82) is 0 Å². The summed E-state index contributed by atoms with van der Waals surface area (Å²) >= 11 is 0. The summed E-state index contributed by atoms with van der Waals surface area (Å²) in [4.78, 5) is 37.1. The van der Waals surface area contributed by atoms with Gasteiger partial charge >= 0.3 is 11.9 Å². The number of hydrogen-bond acceptors (Lipinski definition) is 6. The van der Waals surface area contributed by atoms with Gasteiger partial charge in [-0.3, -0.25) is 4.79 Å². The number of ether oxygens (including phenoxy) is 3. The maximum absolute atomic E-state index is 12.5. The highest BCUT2D eigenvalue weighted by atomic mass is 28.3. The molecule has 0 saturated carbocycles. The van der Waals surface area contributed by atoms with Crippen LogP contribution >= 0.6 is 0 Å². The molecule has 1 aromatic rings. The second-order valence-electron chi connectivity index (χ2n) is 8.73. The van der Waals surface area contributed by atoms with E-state index in [1.54, 1.807) is 0 Å². The van der Waals surface area contributed by atoms with Gasteiger partial charge in [0.05, 0.1) is 28.7 Å².